The van der Waals surface area contributed by atoms with Gasteiger partial charge in [0.25, 0.3) is 0 Å². The van der Waals surface area contributed by atoms with Crippen molar-refractivity contribution >= 4 is 11.8 Å². The van der Waals surface area contributed by atoms with E-state index >= 15 is 0 Å². The number of ether oxygens (including phenoxy) is 1. The van der Waals surface area contributed by atoms with Gasteiger partial charge in [-0.05, 0) is 25.7 Å². The van der Waals surface area contributed by atoms with Crippen LogP contribution >= 0.6 is 0 Å². The number of nitrogens with zero attached hydrogens (tertiary/aromatic N) is 1. The quantitative estimate of drug-likeness (QED) is 0.738. The minimum Gasteiger partial charge on any atom is -0.375 e. The normalized spacial score (nSPS) is 20.7. The van der Waals surface area contributed by atoms with Gasteiger partial charge >= 0.3 is 0 Å². The molecule has 120 valence electrons. The van der Waals surface area contributed by atoms with Crippen LogP contribution in [-0.2, 0) is 14.3 Å². The van der Waals surface area contributed by atoms with Gasteiger partial charge in [0.05, 0.1) is 6.54 Å². The van der Waals surface area contributed by atoms with Crippen molar-refractivity contribution in [1.82, 2.24) is 15.5 Å². The number of nitrogens with one attached hydrogen (secondary N) is 2. The molecule has 0 bridgehead atoms. The van der Waals surface area contributed by atoms with Crippen molar-refractivity contribution in [3.8, 4) is 0 Å². The third-order valence-corrected chi connectivity index (χ3v) is 4.39. The van der Waals surface area contributed by atoms with Crippen molar-refractivity contribution in [1.29, 1.82) is 0 Å². The molecule has 0 unspecified atom stereocenters. The monoisotopic (exact) mass is 297 g/mol. The summed E-state index contributed by atoms with van der Waals surface area (Å²) in [5, 5.41) is 6.30. The first-order valence-electron chi connectivity index (χ1n) is 7.98. The topological polar surface area (TPSA) is 70.7 Å². The van der Waals surface area contributed by atoms with Gasteiger partial charge in [0.1, 0.15) is 6.61 Å². The molecule has 0 atom stereocenters. The Hall–Kier alpha value is -1.14. The SMILES string of the molecule is COCC(=O)NC1CCN(C(=O)CNC2CCCC2)CC1. The van der Waals surface area contributed by atoms with Crippen LogP contribution in [0.5, 0.6) is 0 Å². The summed E-state index contributed by atoms with van der Waals surface area (Å²) >= 11 is 0. The number of carbonyl (C=O) groups is 2. The zero-order chi connectivity index (χ0) is 15.1. The summed E-state index contributed by atoms with van der Waals surface area (Å²) in [6.07, 6.45) is 6.59. The lowest BCUT2D eigenvalue weighted by molar-refractivity contribution is -0.131. The van der Waals surface area contributed by atoms with Crippen molar-refractivity contribution in [2.24, 2.45) is 0 Å². The first-order chi connectivity index (χ1) is 10.2. The number of likely N-dealkylation sites (tertiary alicyclic amines) is 1. The number of amides is 2. The van der Waals surface area contributed by atoms with Crippen molar-refractivity contribution in [2.75, 3.05) is 33.4 Å². The predicted octanol–water partition coefficient (Wildman–Crippen LogP) is 0.272. The van der Waals surface area contributed by atoms with Crippen LogP contribution in [0.15, 0.2) is 0 Å². The van der Waals surface area contributed by atoms with Crippen LogP contribution < -0.4 is 10.6 Å². The Morgan fingerprint density at radius 1 is 1.10 bits per heavy atom. The Morgan fingerprint density at radius 3 is 2.38 bits per heavy atom. The van der Waals surface area contributed by atoms with Gasteiger partial charge < -0.3 is 20.3 Å². The van der Waals surface area contributed by atoms with Crippen LogP contribution in [0, 0.1) is 0 Å². The van der Waals surface area contributed by atoms with E-state index in [1.165, 1.54) is 32.8 Å². The van der Waals surface area contributed by atoms with Gasteiger partial charge in [-0.15, -0.1) is 0 Å². The smallest absolute Gasteiger partial charge is 0.246 e. The third kappa shape index (κ3) is 5.28. The third-order valence-electron chi connectivity index (χ3n) is 4.39. The van der Waals surface area contributed by atoms with Gasteiger partial charge in [-0.25, -0.2) is 0 Å². The standard InChI is InChI=1S/C15H27N3O3/c1-21-11-14(19)17-13-6-8-18(9-7-13)15(20)10-16-12-4-2-3-5-12/h12-13,16H,2-11H2,1H3,(H,17,19). The molecule has 21 heavy (non-hydrogen) atoms. The molecule has 2 amide bonds. The number of methoxy groups -OCH3 is 1. The Bertz CT molecular complexity index is 348. The van der Waals surface area contributed by atoms with E-state index in [2.05, 4.69) is 10.6 Å². The van der Waals surface area contributed by atoms with Gasteiger partial charge in [0.2, 0.25) is 11.8 Å². The summed E-state index contributed by atoms with van der Waals surface area (Å²) < 4.78 is 4.80. The molecular formula is C15H27N3O3. The summed E-state index contributed by atoms with van der Waals surface area (Å²) in [5.41, 5.74) is 0. The van der Waals surface area contributed by atoms with E-state index in [4.69, 9.17) is 4.74 Å². The predicted molar refractivity (Wildman–Crippen MR) is 79.9 cm³/mol. The molecule has 0 aromatic rings. The number of rotatable bonds is 6. The number of carbonyl (C=O) groups excluding carboxylic acids is 2. The van der Waals surface area contributed by atoms with E-state index < -0.39 is 0 Å². The fourth-order valence-corrected chi connectivity index (χ4v) is 3.15. The molecule has 0 aromatic heterocycles. The maximum Gasteiger partial charge on any atom is 0.246 e. The van der Waals surface area contributed by atoms with E-state index in [-0.39, 0.29) is 24.5 Å². The second-order valence-electron chi connectivity index (χ2n) is 6.02. The molecule has 2 rings (SSSR count). The second kappa shape index (κ2) is 8.34. The second-order valence-corrected chi connectivity index (χ2v) is 6.02. The lowest BCUT2D eigenvalue weighted by Crippen LogP contribution is -2.49. The van der Waals surface area contributed by atoms with E-state index in [0.29, 0.717) is 12.6 Å². The van der Waals surface area contributed by atoms with Crippen molar-refractivity contribution in [2.45, 2.75) is 50.6 Å². The molecule has 0 radical (unpaired) electrons. The van der Waals surface area contributed by atoms with Crippen LogP contribution in [0.3, 0.4) is 0 Å². The minimum absolute atomic E-state index is 0.0785. The molecule has 0 spiro atoms. The highest BCUT2D eigenvalue weighted by atomic mass is 16.5. The highest BCUT2D eigenvalue weighted by Crippen LogP contribution is 2.17. The highest BCUT2D eigenvalue weighted by molar-refractivity contribution is 5.79. The fraction of sp³-hybridized carbons (Fsp3) is 0.867. The Balaban J connectivity index is 1.63. The molecule has 1 aliphatic heterocycles. The molecule has 1 saturated heterocycles. The molecular weight excluding hydrogens is 270 g/mol. The summed E-state index contributed by atoms with van der Waals surface area (Å²) in [4.78, 5) is 25.5. The first-order valence-corrected chi connectivity index (χ1v) is 7.98. The zero-order valence-electron chi connectivity index (χ0n) is 12.9. The molecule has 1 aliphatic carbocycles. The first kappa shape index (κ1) is 16.2. The molecule has 6 heteroatoms. The Labute approximate surface area is 126 Å². The van der Waals surface area contributed by atoms with Gasteiger partial charge in [-0.1, -0.05) is 12.8 Å². The van der Waals surface area contributed by atoms with Crippen molar-refractivity contribution < 1.29 is 14.3 Å². The molecule has 2 N–H and O–H groups in total. The van der Waals surface area contributed by atoms with Gasteiger partial charge in [0, 0.05) is 32.3 Å². The largest absolute Gasteiger partial charge is 0.375 e. The molecule has 2 aliphatic rings. The van der Waals surface area contributed by atoms with Gasteiger partial charge in [0.15, 0.2) is 0 Å². The maximum atomic E-state index is 12.1. The summed E-state index contributed by atoms with van der Waals surface area (Å²) in [6, 6.07) is 0.694. The Morgan fingerprint density at radius 2 is 1.76 bits per heavy atom. The van der Waals surface area contributed by atoms with Crippen LogP contribution in [0.4, 0.5) is 0 Å². The molecule has 1 heterocycles. The maximum absolute atomic E-state index is 12.1. The molecule has 6 nitrogen and oxygen atoms in total. The number of hydrogen-bond acceptors (Lipinski definition) is 4. The average Bonchev–Trinajstić information content (AvgIpc) is 2.99. The molecule has 0 aromatic carbocycles. The summed E-state index contributed by atoms with van der Waals surface area (Å²) in [7, 11) is 1.51. The lowest BCUT2D eigenvalue weighted by atomic mass is 10.0. The van der Waals surface area contributed by atoms with Crippen molar-refractivity contribution in [3.05, 3.63) is 0 Å². The van der Waals surface area contributed by atoms with Crippen LogP contribution in [0.2, 0.25) is 0 Å². The number of piperidine rings is 1. The van der Waals surface area contributed by atoms with E-state index in [1.807, 2.05) is 4.90 Å². The average molecular weight is 297 g/mol. The van der Waals surface area contributed by atoms with Gasteiger partial charge in [-0.2, -0.15) is 0 Å². The fourth-order valence-electron chi connectivity index (χ4n) is 3.15. The minimum atomic E-state index is -0.0785. The lowest BCUT2D eigenvalue weighted by Gasteiger charge is -2.32. The van der Waals surface area contributed by atoms with Crippen LogP contribution in [0.1, 0.15) is 38.5 Å². The van der Waals surface area contributed by atoms with Gasteiger partial charge in [-0.3, -0.25) is 9.59 Å². The van der Waals surface area contributed by atoms with E-state index in [0.717, 1.165) is 25.9 Å². The number of hydrogen-bond donors (Lipinski definition) is 2. The zero-order valence-corrected chi connectivity index (χ0v) is 12.9. The van der Waals surface area contributed by atoms with E-state index in [9.17, 15) is 9.59 Å². The molecule has 1 saturated carbocycles. The summed E-state index contributed by atoms with van der Waals surface area (Å²) in [5.74, 6) is 0.105. The van der Waals surface area contributed by atoms with Crippen LogP contribution in [-0.4, -0.2) is 62.1 Å². The van der Waals surface area contributed by atoms with Crippen molar-refractivity contribution in [3.63, 3.8) is 0 Å². The highest BCUT2D eigenvalue weighted by Gasteiger charge is 2.24. The summed E-state index contributed by atoms with van der Waals surface area (Å²) in [6.45, 7) is 2.00. The Kier molecular flexibility index (Phi) is 6.45. The van der Waals surface area contributed by atoms with Crippen LogP contribution in [0.25, 0.3) is 0 Å². The molecule has 2 fully saturated rings. The van der Waals surface area contributed by atoms with E-state index in [1.54, 1.807) is 0 Å².